The fourth-order valence-corrected chi connectivity index (χ4v) is 4.40. The number of rotatable bonds is 7. The van der Waals surface area contributed by atoms with Crippen molar-refractivity contribution in [2.75, 3.05) is 5.32 Å². The van der Waals surface area contributed by atoms with Gasteiger partial charge in [-0.05, 0) is 63.9 Å². The second-order valence-electron chi connectivity index (χ2n) is 9.65. The molecule has 0 amide bonds. The second-order valence-corrected chi connectivity index (χ2v) is 10.9. The number of esters is 1. The van der Waals surface area contributed by atoms with E-state index in [-0.39, 0.29) is 6.10 Å². The molecule has 9 heteroatoms. The van der Waals surface area contributed by atoms with Crippen LogP contribution in [0.4, 0.5) is 5.69 Å². The molecule has 3 unspecified atom stereocenters. The minimum Gasteiger partial charge on any atom is -0.481 e. The first-order valence-corrected chi connectivity index (χ1v) is 12.8. The lowest BCUT2D eigenvalue weighted by Crippen LogP contribution is -2.62. The van der Waals surface area contributed by atoms with Crippen molar-refractivity contribution in [3.8, 4) is 5.75 Å². The van der Waals surface area contributed by atoms with Gasteiger partial charge in [-0.2, -0.15) is 0 Å². The van der Waals surface area contributed by atoms with Crippen LogP contribution < -0.4 is 21.1 Å². The number of fused-ring (bicyclic) bond motifs is 1. The van der Waals surface area contributed by atoms with Crippen LogP contribution in [0.1, 0.15) is 58.6 Å². The van der Waals surface area contributed by atoms with Crippen molar-refractivity contribution in [3.63, 3.8) is 0 Å². The van der Waals surface area contributed by atoms with E-state index in [1.807, 2.05) is 46.8 Å². The number of benzene rings is 2. The van der Waals surface area contributed by atoms with Crippen LogP contribution in [-0.2, 0) is 15.1 Å². The van der Waals surface area contributed by atoms with Crippen LogP contribution in [0.15, 0.2) is 42.5 Å². The predicted octanol–water partition coefficient (Wildman–Crippen LogP) is 5.49. The molecule has 0 saturated heterocycles. The molecule has 2 aromatic rings. The van der Waals surface area contributed by atoms with Crippen LogP contribution in [-0.4, -0.2) is 33.7 Å². The Morgan fingerprint density at radius 3 is 2.51 bits per heavy atom. The van der Waals surface area contributed by atoms with Gasteiger partial charge in [0, 0.05) is 10.6 Å². The van der Waals surface area contributed by atoms with Gasteiger partial charge in [0.25, 0.3) is 0 Å². The lowest BCUT2D eigenvalue weighted by molar-refractivity contribution is -0.163. The molecule has 0 bridgehead atoms. The third-order valence-electron chi connectivity index (χ3n) is 5.66. The molecular weight excluding hydrogens is 502 g/mol. The van der Waals surface area contributed by atoms with Gasteiger partial charge in [0.15, 0.2) is 5.54 Å². The third-order valence-corrected chi connectivity index (χ3v) is 6.70. The minimum atomic E-state index is -1.55. The molecule has 0 saturated carbocycles. The molecule has 1 heterocycles. The maximum Gasteiger partial charge on any atom is 0.333 e. The summed E-state index contributed by atoms with van der Waals surface area (Å²) in [6.07, 6.45) is 1.08. The van der Waals surface area contributed by atoms with E-state index < -0.39 is 23.2 Å². The minimum absolute atomic E-state index is 0.247. The Kier molecular flexibility index (Phi) is 8.42. The normalized spacial score (nSPS) is 17.8. The molecule has 3 atom stereocenters. The molecule has 0 aromatic heterocycles. The molecule has 35 heavy (non-hydrogen) atoms. The number of halogens is 1. The molecule has 2 aromatic carbocycles. The smallest absolute Gasteiger partial charge is 0.333 e. The maximum atomic E-state index is 13.7. The van der Waals surface area contributed by atoms with Crippen LogP contribution in [0.3, 0.4) is 0 Å². The average molecular weight is 534 g/mol. The molecule has 1 aliphatic rings. The van der Waals surface area contributed by atoms with Gasteiger partial charge in [0.05, 0.1) is 11.7 Å². The number of anilines is 1. The van der Waals surface area contributed by atoms with Gasteiger partial charge in [-0.15, -0.1) is 0 Å². The molecule has 1 aliphatic heterocycles. The lowest BCUT2D eigenvalue weighted by Gasteiger charge is -2.39. The molecule has 0 radical (unpaired) electrons. The van der Waals surface area contributed by atoms with Crippen molar-refractivity contribution < 1.29 is 14.3 Å². The van der Waals surface area contributed by atoms with E-state index >= 15 is 0 Å². The highest BCUT2D eigenvalue weighted by molar-refractivity contribution is 7.81. The molecule has 6 nitrogen and oxygen atoms in total. The van der Waals surface area contributed by atoms with Crippen LogP contribution in [0.2, 0.25) is 5.02 Å². The first kappa shape index (κ1) is 27.3. The Labute approximate surface area is 222 Å². The van der Waals surface area contributed by atoms with Gasteiger partial charge in [-0.25, -0.2) is 4.79 Å². The zero-order valence-corrected chi connectivity index (χ0v) is 23.0. The van der Waals surface area contributed by atoms with Gasteiger partial charge in [-0.3, -0.25) is 0 Å². The standard InChI is InChI=1S/C26H32ClN3O3S2/c1-6-7-21(30-23(35)16-8-11-18(27)12-9-16)26(28,24(31)33-25(3,4)5)17-10-13-20-19(14-17)29-22(34)15(2)32-20/h8-15,21H,6-7,28H2,1-5H3,(H,29,34)(H,30,35). The van der Waals surface area contributed by atoms with E-state index in [1.54, 1.807) is 30.3 Å². The molecule has 4 N–H and O–H groups in total. The molecule has 0 fully saturated rings. The number of hydrogen-bond acceptors (Lipinski definition) is 6. The summed E-state index contributed by atoms with van der Waals surface area (Å²) in [5.74, 6) is 0.0838. The van der Waals surface area contributed by atoms with Crippen molar-refractivity contribution in [1.82, 2.24) is 5.32 Å². The number of carbonyl (C=O) groups excluding carboxylic acids is 1. The van der Waals surface area contributed by atoms with Crippen molar-refractivity contribution >= 4 is 57.7 Å². The number of hydrogen-bond donors (Lipinski definition) is 3. The van der Waals surface area contributed by atoms with Crippen molar-refractivity contribution in [2.45, 2.75) is 70.7 Å². The van der Waals surface area contributed by atoms with Crippen LogP contribution in [0, 0.1) is 0 Å². The number of carbonyl (C=O) groups is 1. The van der Waals surface area contributed by atoms with Gasteiger partial charge in [0.1, 0.15) is 27.4 Å². The van der Waals surface area contributed by atoms with E-state index in [4.69, 9.17) is 51.2 Å². The Balaban J connectivity index is 2.06. The lowest BCUT2D eigenvalue weighted by atomic mass is 9.80. The average Bonchev–Trinajstić information content (AvgIpc) is 2.78. The Morgan fingerprint density at radius 2 is 1.91 bits per heavy atom. The molecule has 188 valence electrons. The third kappa shape index (κ3) is 6.30. The second kappa shape index (κ2) is 10.8. The Bertz CT molecular complexity index is 1120. The Hall–Kier alpha value is -2.26. The summed E-state index contributed by atoms with van der Waals surface area (Å²) < 4.78 is 11.7. The SMILES string of the molecule is CCCC(NC(=S)c1ccc(Cl)cc1)C(N)(C(=O)OC(C)(C)C)c1ccc2c(c1)NC(=S)C(C)O2. The summed E-state index contributed by atoms with van der Waals surface area (Å²) in [6, 6.07) is 12.0. The zero-order valence-electron chi connectivity index (χ0n) is 20.6. The van der Waals surface area contributed by atoms with E-state index in [2.05, 4.69) is 10.6 Å². The zero-order chi connectivity index (χ0) is 26.0. The fraction of sp³-hybridized carbons (Fsp3) is 0.423. The number of nitrogens with two attached hydrogens (primary N) is 1. The van der Waals surface area contributed by atoms with E-state index in [0.717, 1.165) is 12.0 Å². The predicted molar refractivity (Wildman–Crippen MR) is 149 cm³/mol. The monoisotopic (exact) mass is 533 g/mol. The first-order chi connectivity index (χ1) is 16.3. The first-order valence-electron chi connectivity index (χ1n) is 11.6. The highest BCUT2D eigenvalue weighted by Crippen LogP contribution is 2.37. The summed E-state index contributed by atoms with van der Waals surface area (Å²) in [4.78, 5) is 14.7. The topological polar surface area (TPSA) is 85.6 Å². The maximum absolute atomic E-state index is 13.7. The summed E-state index contributed by atoms with van der Waals surface area (Å²) >= 11 is 17.1. The largest absolute Gasteiger partial charge is 0.481 e. The van der Waals surface area contributed by atoms with E-state index in [1.165, 1.54) is 0 Å². The van der Waals surface area contributed by atoms with Gasteiger partial charge >= 0.3 is 5.97 Å². The van der Waals surface area contributed by atoms with Crippen molar-refractivity contribution in [2.24, 2.45) is 5.73 Å². The number of ether oxygens (including phenoxy) is 2. The van der Waals surface area contributed by atoms with Gasteiger partial charge in [0.2, 0.25) is 0 Å². The van der Waals surface area contributed by atoms with Crippen molar-refractivity contribution in [3.05, 3.63) is 58.6 Å². The van der Waals surface area contributed by atoms with Crippen LogP contribution in [0.5, 0.6) is 5.75 Å². The molecule has 3 rings (SSSR count). The van der Waals surface area contributed by atoms with Gasteiger partial charge < -0.3 is 25.8 Å². The van der Waals surface area contributed by atoms with E-state index in [9.17, 15) is 4.79 Å². The molecule has 0 spiro atoms. The number of nitrogens with one attached hydrogen (secondary N) is 2. The van der Waals surface area contributed by atoms with Crippen LogP contribution in [0.25, 0.3) is 0 Å². The Morgan fingerprint density at radius 1 is 1.26 bits per heavy atom. The quantitative estimate of drug-likeness (QED) is 0.318. The fourth-order valence-electron chi connectivity index (χ4n) is 3.84. The molecular formula is C26H32ClN3O3S2. The van der Waals surface area contributed by atoms with E-state index in [0.29, 0.717) is 38.4 Å². The highest BCUT2D eigenvalue weighted by atomic mass is 35.5. The summed E-state index contributed by atoms with van der Waals surface area (Å²) in [5, 5.41) is 7.14. The highest BCUT2D eigenvalue weighted by Gasteiger charge is 2.47. The van der Waals surface area contributed by atoms with Crippen molar-refractivity contribution in [1.29, 1.82) is 0 Å². The molecule has 0 aliphatic carbocycles. The number of thiocarbonyl (C=S) groups is 2. The summed E-state index contributed by atoms with van der Waals surface area (Å²) in [5.41, 5.74) is 6.72. The summed E-state index contributed by atoms with van der Waals surface area (Å²) in [6.45, 7) is 9.34. The summed E-state index contributed by atoms with van der Waals surface area (Å²) in [7, 11) is 0. The van der Waals surface area contributed by atoms with Gasteiger partial charge in [-0.1, -0.05) is 67.6 Å². The van der Waals surface area contributed by atoms with Crippen LogP contribution >= 0.6 is 36.0 Å².